The van der Waals surface area contributed by atoms with Crippen LogP contribution in [0.2, 0.25) is 0 Å². The summed E-state index contributed by atoms with van der Waals surface area (Å²) < 4.78 is 11.0. The van der Waals surface area contributed by atoms with Gasteiger partial charge in [0.05, 0.1) is 24.9 Å². The van der Waals surface area contributed by atoms with Crippen molar-refractivity contribution in [3.8, 4) is 16.9 Å². The van der Waals surface area contributed by atoms with Gasteiger partial charge < -0.3 is 14.4 Å². The lowest BCUT2D eigenvalue weighted by Gasteiger charge is -2.29. The second-order valence-electron chi connectivity index (χ2n) is 9.07. The number of aryl methyl sites for hydroxylation is 1. The number of thiazole rings is 1. The van der Waals surface area contributed by atoms with Crippen molar-refractivity contribution in [2.75, 3.05) is 19.0 Å². The standard InChI is InChI=1S/C25H28N4O4S/c1-15-12-17(16-8-6-7-9-20(16)32-5)18(13-26-15)22(30)28-23-27-19-10-11-29(14-21(19)34-23)24(31)33-25(2,3)4/h6-9,12-13H,10-11,14H2,1-5H3,(H,27,28,30). The zero-order valence-electron chi connectivity index (χ0n) is 20.0. The molecule has 0 aliphatic carbocycles. The molecule has 0 radical (unpaired) electrons. The van der Waals surface area contributed by atoms with Crippen LogP contribution in [0.1, 0.15) is 47.4 Å². The van der Waals surface area contributed by atoms with E-state index in [1.807, 2.05) is 58.0 Å². The molecule has 0 unspecified atom stereocenters. The molecule has 0 saturated carbocycles. The Bertz CT molecular complexity index is 1230. The van der Waals surface area contributed by atoms with Gasteiger partial charge in [-0.25, -0.2) is 9.78 Å². The highest BCUT2D eigenvalue weighted by Gasteiger charge is 2.28. The highest BCUT2D eigenvalue weighted by molar-refractivity contribution is 7.15. The van der Waals surface area contributed by atoms with Crippen molar-refractivity contribution in [3.05, 3.63) is 58.4 Å². The first kappa shape index (κ1) is 23.7. The Morgan fingerprint density at radius 2 is 1.94 bits per heavy atom. The fourth-order valence-corrected chi connectivity index (χ4v) is 4.75. The number of ether oxygens (including phenoxy) is 2. The number of nitrogens with one attached hydrogen (secondary N) is 1. The fourth-order valence-electron chi connectivity index (χ4n) is 3.73. The molecule has 0 bridgehead atoms. The molecule has 9 heteroatoms. The number of aromatic nitrogens is 2. The van der Waals surface area contributed by atoms with E-state index in [-0.39, 0.29) is 12.0 Å². The summed E-state index contributed by atoms with van der Waals surface area (Å²) in [5.74, 6) is 0.373. The summed E-state index contributed by atoms with van der Waals surface area (Å²) in [6, 6.07) is 9.44. The molecule has 4 rings (SSSR count). The molecule has 34 heavy (non-hydrogen) atoms. The number of pyridine rings is 1. The summed E-state index contributed by atoms with van der Waals surface area (Å²) in [4.78, 5) is 37.2. The minimum atomic E-state index is -0.550. The number of methoxy groups -OCH3 is 1. The van der Waals surface area contributed by atoms with Crippen molar-refractivity contribution < 1.29 is 19.1 Å². The summed E-state index contributed by atoms with van der Waals surface area (Å²) in [5, 5.41) is 3.41. The van der Waals surface area contributed by atoms with Gasteiger partial charge in [-0.1, -0.05) is 29.5 Å². The highest BCUT2D eigenvalue weighted by Crippen LogP contribution is 2.34. The Balaban J connectivity index is 1.55. The number of carbonyl (C=O) groups excluding carboxylic acids is 2. The smallest absolute Gasteiger partial charge is 0.410 e. The third-order valence-corrected chi connectivity index (χ3v) is 6.28. The summed E-state index contributed by atoms with van der Waals surface area (Å²) in [7, 11) is 1.60. The molecule has 1 aromatic carbocycles. The van der Waals surface area contributed by atoms with Gasteiger partial charge in [0.25, 0.3) is 5.91 Å². The van der Waals surface area contributed by atoms with Crippen molar-refractivity contribution in [1.29, 1.82) is 0 Å². The topological polar surface area (TPSA) is 93.6 Å². The van der Waals surface area contributed by atoms with Gasteiger partial charge in [-0.3, -0.25) is 15.1 Å². The number of hydrogen-bond acceptors (Lipinski definition) is 7. The zero-order valence-corrected chi connectivity index (χ0v) is 20.8. The summed E-state index contributed by atoms with van der Waals surface area (Å²) >= 11 is 1.37. The van der Waals surface area contributed by atoms with Crippen LogP contribution in [-0.4, -0.2) is 46.1 Å². The number of para-hydroxylation sites is 1. The molecule has 8 nitrogen and oxygen atoms in total. The minimum absolute atomic E-state index is 0.302. The fraction of sp³-hybridized carbons (Fsp3) is 0.360. The van der Waals surface area contributed by atoms with Crippen LogP contribution in [0.5, 0.6) is 5.75 Å². The molecule has 0 saturated heterocycles. The van der Waals surface area contributed by atoms with Crippen molar-refractivity contribution in [3.63, 3.8) is 0 Å². The van der Waals surface area contributed by atoms with Gasteiger partial charge in [0, 0.05) is 40.9 Å². The Kier molecular flexibility index (Phi) is 6.56. The Morgan fingerprint density at radius 3 is 2.68 bits per heavy atom. The number of carbonyl (C=O) groups is 2. The maximum atomic E-state index is 13.3. The van der Waals surface area contributed by atoms with Crippen LogP contribution >= 0.6 is 11.3 Å². The van der Waals surface area contributed by atoms with Crippen LogP contribution in [0.15, 0.2) is 36.5 Å². The second kappa shape index (κ2) is 9.42. The predicted octanol–water partition coefficient (Wildman–Crippen LogP) is 5.07. The van der Waals surface area contributed by atoms with Crippen molar-refractivity contribution in [1.82, 2.24) is 14.9 Å². The van der Waals surface area contributed by atoms with Gasteiger partial charge in [-0.2, -0.15) is 0 Å². The summed E-state index contributed by atoms with van der Waals surface area (Å²) in [6.07, 6.45) is 1.84. The molecule has 3 heterocycles. The second-order valence-corrected chi connectivity index (χ2v) is 10.2. The van der Waals surface area contributed by atoms with E-state index >= 15 is 0 Å². The first-order valence-corrected chi connectivity index (χ1v) is 11.8. The molecule has 1 aliphatic rings. The molecule has 2 amide bonds. The van der Waals surface area contributed by atoms with Crippen LogP contribution in [0.4, 0.5) is 9.93 Å². The minimum Gasteiger partial charge on any atom is -0.496 e. The Morgan fingerprint density at radius 1 is 1.18 bits per heavy atom. The van der Waals surface area contributed by atoms with E-state index in [4.69, 9.17) is 9.47 Å². The van der Waals surface area contributed by atoms with Crippen LogP contribution in [0.3, 0.4) is 0 Å². The molecular weight excluding hydrogens is 452 g/mol. The number of fused-ring (bicyclic) bond motifs is 1. The molecule has 1 N–H and O–H groups in total. The molecule has 2 aromatic heterocycles. The van der Waals surface area contributed by atoms with Crippen molar-refractivity contribution in [2.45, 2.75) is 46.3 Å². The maximum Gasteiger partial charge on any atom is 0.410 e. The predicted molar refractivity (Wildman–Crippen MR) is 131 cm³/mol. The number of rotatable bonds is 4. The van der Waals surface area contributed by atoms with Gasteiger partial charge in [-0.15, -0.1) is 0 Å². The first-order chi connectivity index (χ1) is 16.1. The number of amides is 2. The lowest BCUT2D eigenvalue weighted by Crippen LogP contribution is -2.39. The normalized spacial score (nSPS) is 13.3. The van der Waals surface area contributed by atoms with Gasteiger partial charge in [0.1, 0.15) is 11.4 Å². The van der Waals surface area contributed by atoms with Crippen LogP contribution in [0, 0.1) is 6.92 Å². The SMILES string of the molecule is COc1ccccc1-c1cc(C)ncc1C(=O)Nc1nc2c(s1)CN(C(=O)OC(C)(C)C)CC2. The third-order valence-electron chi connectivity index (χ3n) is 5.29. The molecule has 3 aromatic rings. The largest absolute Gasteiger partial charge is 0.496 e. The Labute approximate surface area is 202 Å². The molecule has 178 valence electrons. The lowest BCUT2D eigenvalue weighted by atomic mass is 9.99. The van der Waals surface area contributed by atoms with Crippen molar-refractivity contribution in [2.24, 2.45) is 0 Å². The van der Waals surface area contributed by atoms with E-state index in [1.165, 1.54) is 11.3 Å². The number of hydrogen-bond donors (Lipinski definition) is 1. The van der Waals surface area contributed by atoms with E-state index in [0.29, 0.717) is 36.0 Å². The molecule has 0 spiro atoms. The summed E-state index contributed by atoms with van der Waals surface area (Å²) in [5.41, 5.74) is 3.12. The van der Waals surface area contributed by atoms with Gasteiger partial charge in [0.2, 0.25) is 0 Å². The van der Waals surface area contributed by atoms with Crippen LogP contribution < -0.4 is 10.1 Å². The average Bonchev–Trinajstić information content (AvgIpc) is 3.19. The molecule has 0 atom stereocenters. The van der Waals surface area contributed by atoms with E-state index in [0.717, 1.165) is 27.4 Å². The van der Waals surface area contributed by atoms with E-state index in [2.05, 4.69) is 15.3 Å². The average molecular weight is 481 g/mol. The maximum absolute atomic E-state index is 13.3. The molecule has 1 aliphatic heterocycles. The van der Waals surface area contributed by atoms with Crippen LogP contribution in [-0.2, 0) is 17.7 Å². The van der Waals surface area contributed by atoms with E-state index in [9.17, 15) is 9.59 Å². The monoisotopic (exact) mass is 480 g/mol. The van der Waals surface area contributed by atoms with Crippen molar-refractivity contribution >= 4 is 28.5 Å². The molecular formula is C25H28N4O4S. The molecule has 0 fully saturated rings. The third kappa shape index (κ3) is 5.20. The lowest BCUT2D eigenvalue weighted by molar-refractivity contribution is 0.0225. The highest BCUT2D eigenvalue weighted by atomic mass is 32.1. The summed E-state index contributed by atoms with van der Waals surface area (Å²) in [6.45, 7) is 8.36. The van der Waals surface area contributed by atoms with Gasteiger partial charge in [-0.05, 0) is 39.8 Å². The van der Waals surface area contributed by atoms with E-state index < -0.39 is 5.60 Å². The first-order valence-electron chi connectivity index (χ1n) is 11.0. The zero-order chi connectivity index (χ0) is 24.5. The Hall–Kier alpha value is -3.46. The van der Waals surface area contributed by atoms with Gasteiger partial charge in [0.15, 0.2) is 5.13 Å². The van der Waals surface area contributed by atoms with E-state index in [1.54, 1.807) is 18.2 Å². The van der Waals surface area contributed by atoms with Crippen LogP contribution in [0.25, 0.3) is 11.1 Å². The van der Waals surface area contributed by atoms with Gasteiger partial charge >= 0.3 is 6.09 Å². The number of nitrogens with zero attached hydrogens (tertiary/aromatic N) is 3. The number of anilines is 1. The number of benzene rings is 1. The quantitative estimate of drug-likeness (QED) is 0.561.